The summed E-state index contributed by atoms with van der Waals surface area (Å²) in [6.45, 7) is 1.09. The number of hydrogen-bond acceptors (Lipinski definition) is 5. The van der Waals surface area contributed by atoms with Gasteiger partial charge < -0.3 is 15.4 Å². The minimum Gasteiger partial charge on any atom is -0.496 e. The molecule has 0 saturated carbocycles. The highest BCUT2D eigenvalue weighted by Crippen LogP contribution is 2.17. The lowest BCUT2D eigenvalue weighted by Gasteiger charge is -2.10. The molecule has 2 aromatic heterocycles. The number of benzene rings is 1. The van der Waals surface area contributed by atoms with E-state index in [1.54, 1.807) is 31.8 Å². The maximum absolute atomic E-state index is 12.4. The standard InChI is InChI=1S/C21H22N4O2/c1-27-20-8-3-2-6-16(20)9-11-24-21(26)17-12-19(14-22-13-17)25-15-18-7-4-5-10-23-18/h2-8,10,12-14,25H,9,11,15H2,1H3,(H,24,26). The predicted molar refractivity (Wildman–Crippen MR) is 105 cm³/mol. The van der Waals surface area contributed by atoms with Crippen LogP contribution < -0.4 is 15.4 Å². The van der Waals surface area contributed by atoms with Crippen molar-refractivity contribution in [1.29, 1.82) is 0 Å². The number of nitrogens with one attached hydrogen (secondary N) is 2. The lowest BCUT2D eigenvalue weighted by molar-refractivity contribution is 0.0953. The number of rotatable bonds is 8. The number of aromatic nitrogens is 2. The lowest BCUT2D eigenvalue weighted by Crippen LogP contribution is -2.26. The van der Waals surface area contributed by atoms with Gasteiger partial charge >= 0.3 is 0 Å². The van der Waals surface area contributed by atoms with Crippen molar-refractivity contribution in [3.8, 4) is 5.75 Å². The number of carbonyl (C=O) groups is 1. The molecule has 0 saturated heterocycles. The molecule has 1 amide bonds. The topological polar surface area (TPSA) is 76.1 Å². The van der Waals surface area contributed by atoms with E-state index in [2.05, 4.69) is 20.6 Å². The highest BCUT2D eigenvalue weighted by atomic mass is 16.5. The van der Waals surface area contributed by atoms with E-state index in [0.717, 1.165) is 22.7 Å². The maximum atomic E-state index is 12.4. The van der Waals surface area contributed by atoms with E-state index in [1.807, 2.05) is 42.5 Å². The first kappa shape index (κ1) is 18.4. The Morgan fingerprint density at radius 2 is 1.96 bits per heavy atom. The van der Waals surface area contributed by atoms with Crippen molar-refractivity contribution in [2.24, 2.45) is 0 Å². The molecule has 0 aliphatic rings. The maximum Gasteiger partial charge on any atom is 0.252 e. The Labute approximate surface area is 158 Å². The Bertz CT molecular complexity index is 884. The van der Waals surface area contributed by atoms with Gasteiger partial charge in [0, 0.05) is 25.1 Å². The first-order valence-corrected chi connectivity index (χ1v) is 8.75. The number of amides is 1. The molecule has 2 N–H and O–H groups in total. The summed E-state index contributed by atoms with van der Waals surface area (Å²) < 4.78 is 5.33. The molecule has 27 heavy (non-hydrogen) atoms. The molecule has 6 heteroatoms. The second-order valence-electron chi connectivity index (χ2n) is 5.95. The first-order chi connectivity index (χ1) is 13.3. The fraction of sp³-hybridized carbons (Fsp3) is 0.190. The zero-order chi connectivity index (χ0) is 18.9. The Morgan fingerprint density at radius 1 is 1.11 bits per heavy atom. The van der Waals surface area contributed by atoms with Crippen molar-refractivity contribution >= 4 is 11.6 Å². The van der Waals surface area contributed by atoms with Gasteiger partial charge in [0.2, 0.25) is 0 Å². The van der Waals surface area contributed by atoms with Crippen LogP contribution in [0.3, 0.4) is 0 Å². The van der Waals surface area contributed by atoms with Crippen LogP contribution in [-0.4, -0.2) is 29.5 Å². The number of hydrogen-bond donors (Lipinski definition) is 2. The molecule has 0 bridgehead atoms. The summed E-state index contributed by atoms with van der Waals surface area (Å²) in [6, 6.07) is 15.3. The average Bonchev–Trinajstić information content (AvgIpc) is 2.73. The summed E-state index contributed by atoms with van der Waals surface area (Å²) in [7, 11) is 1.65. The Kier molecular flexibility index (Phi) is 6.35. The summed E-state index contributed by atoms with van der Waals surface area (Å²) in [5.74, 6) is 0.674. The number of nitrogens with zero attached hydrogens (tertiary/aromatic N) is 2. The number of carbonyl (C=O) groups excluding carboxylic acids is 1. The van der Waals surface area contributed by atoms with Gasteiger partial charge in [-0.15, -0.1) is 0 Å². The van der Waals surface area contributed by atoms with Crippen molar-refractivity contribution in [3.05, 3.63) is 83.9 Å². The Balaban J connectivity index is 1.54. The fourth-order valence-corrected chi connectivity index (χ4v) is 2.68. The van der Waals surface area contributed by atoms with Crippen LogP contribution in [0.15, 0.2) is 67.1 Å². The van der Waals surface area contributed by atoms with Gasteiger partial charge in [-0.25, -0.2) is 0 Å². The molecule has 3 aromatic rings. The van der Waals surface area contributed by atoms with Gasteiger partial charge in [-0.05, 0) is 36.2 Å². The van der Waals surface area contributed by atoms with Crippen molar-refractivity contribution in [1.82, 2.24) is 15.3 Å². The van der Waals surface area contributed by atoms with Gasteiger partial charge in [-0.2, -0.15) is 0 Å². The van der Waals surface area contributed by atoms with Gasteiger partial charge in [0.05, 0.1) is 30.6 Å². The van der Waals surface area contributed by atoms with Crippen LogP contribution in [0.1, 0.15) is 21.6 Å². The van der Waals surface area contributed by atoms with Crippen LogP contribution in [-0.2, 0) is 13.0 Å². The zero-order valence-electron chi connectivity index (χ0n) is 15.2. The molecule has 138 valence electrons. The third-order valence-corrected chi connectivity index (χ3v) is 4.07. The Morgan fingerprint density at radius 3 is 2.78 bits per heavy atom. The quantitative estimate of drug-likeness (QED) is 0.644. The first-order valence-electron chi connectivity index (χ1n) is 8.75. The summed E-state index contributed by atoms with van der Waals surface area (Å²) in [5.41, 5.74) is 3.27. The Hall–Kier alpha value is -3.41. The van der Waals surface area contributed by atoms with Crippen LogP contribution in [0.25, 0.3) is 0 Å². The summed E-state index contributed by atoms with van der Waals surface area (Å²) in [6.07, 6.45) is 5.70. The molecule has 6 nitrogen and oxygen atoms in total. The summed E-state index contributed by atoms with van der Waals surface area (Å²) in [4.78, 5) is 20.8. The summed E-state index contributed by atoms with van der Waals surface area (Å²) >= 11 is 0. The van der Waals surface area contributed by atoms with Gasteiger partial charge in [-0.3, -0.25) is 14.8 Å². The second kappa shape index (κ2) is 9.33. The van der Waals surface area contributed by atoms with E-state index in [4.69, 9.17) is 4.74 Å². The van der Waals surface area contributed by atoms with E-state index in [1.165, 1.54) is 0 Å². The SMILES string of the molecule is COc1ccccc1CCNC(=O)c1cncc(NCc2ccccn2)c1. The highest BCUT2D eigenvalue weighted by molar-refractivity contribution is 5.94. The molecular formula is C21H22N4O2. The number of ether oxygens (including phenoxy) is 1. The largest absolute Gasteiger partial charge is 0.496 e. The molecule has 0 radical (unpaired) electrons. The van der Waals surface area contributed by atoms with Crippen molar-refractivity contribution in [3.63, 3.8) is 0 Å². The molecule has 0 aliphatic heterocycles. The van der Waals surface area contributed by atoms with Crippen molar-refractivity contribution < 1.29 is 9.53 Å². The predicted octanol–water partition coefficient (Wildman–Crippen LogP) is 3.07. The molecule has 0 fully saturated rings. The highest BCUT2D eigenvalue weighted by Gasteiger charge is 2.08. The number of para-hydroxylation sites is 1. The van der Waals surface area contributed by atoms with Crippen LogP contribution in [0.2, 0.25) is 0 Å². The third kappa shape index (κ3) is 5.28. The van der Waals surface area contributed by atoms with Crippen molar-refractivity contribution in [2.45, 2.75) is 13.0 Å². The number of pyridine rings is 2. The second-order valence-corrected chi connectivity index (χ2v) is 5.95. The normalized spacial score (nSPS) is 10.3. The number of anilines is 1. The molecular weight excluding hydrogens is 340 g/mol. The van der Waals surface area contributed by atoms with E-state index in [-0.39, 0.29) is 5.91 Å². The van der Waals surface area contributed by atoms with Gasteiger partial charge in [-0.1, -0.05) is 24.3 Å². The van der Waals surface area contributed by atoms with E-state index >= 15 is 0 Å². The monoisotopic (exact) mass is 362 g/mol. The molecule has 1 aromatic carbocycles. The molecule has 0 aliphatic carbocycles. The minimum absolute atomic E-state index is 0.154. The molecule has 0 atom stereocenters. The fourth-order valence-electron chi connectivity index (χ4n) is 2.68. The van der Waals surface area contributed by atoms with Gasteiger partial charge in [0.1, 0.15) is 5.75 Å². The molecule has 3 rings (SSSR count). The zero-order valence-corrected chi connectivity index (χ0v) is 15.2. The minimum atomic E-state index is -0.154. The number of methoxy groups -OCH3 is 1. The molecule has 2 heterocycles. The van der Waals surface area contributed by atoms with Crippen LogP contribution >= 0.6 is 0 Å². The van der Waals surface area contributed by atoms with Crippen LogP contribution in [0, 0.1) is 0 Å². The van der Waals surface area contributed by atoms with E-state index in [0.29, 0.717) is 25.1 Å². The average molecular weight is 362 g/mol. The molecule has 0 unspecified atom stereocenters. The smallest absolute Gasteiger partial charge is 0.252 e. The van der Waals surface area contributed by atoms with Gasteiger partial charge in [0.15, 0.2) is 0 Å². The van der Waals surface area contributed by atoms with E-state index in [9.17, 15) is 4.79 Å². The van der Waals surface area contributed by atoms with Crippen molar-refractivity contribution in [2.75, 3.05) is 19.0 Å². The summed E-state index contributed by atoms with van der Waals surface area (Å²) in [5, 5.41) is 6.16. The van der Waals surface area contributed by atoms with Crippen LogP contribution in [0.4, 0.5) is 5.69 Å². The third-order valence-electron chi connectivity index (χ3n) is 4.07. The van der Waals surface area contributed by atoms with Crippen LogP contribution in [0.5, 0.6) is 5.75 Å². The van der Waals surface area contributed by atoms with E-state index < -0.39 is 0 Å². The lowest BCUT2D eigenvalue weighted by atomic mass is 10.1. The van der Waals surface area contributed by atoms with Gasteiger partial charge in [0.25, 0.3) is 5.91 Å². The molecule has 0 spiro atoms.